The van der Waals surface area contributed by atoms with Crippen LogP contribution in [0.5, 0.6) is 5.75 Å². The summed E-state index contributed by atoms with van der Waals surface area (Å²) in [5.41, 5.74) is 6.42. The first kappa shape index (κ1) is 19.1. The molecule has 1 aromatic rings. The predicted octanol–water partition coefficient (Wildman–Crippen LogP) is 2.46. The summed E-state index contributed by atoms with van der Waals surface area (Å²) in [5, 5.41) is 2.94. The van der Waals surface area contributed by atoms with Crippen molar-refractivity contribution in [3.8, 4) is 5.75 Å². The molecule has 0 unspecified atom stereocenters. The second-order valence-corrected chi connectivity index (χ2v) is 4.73. The number of nitrogens with zero attached hydrogens (tertiary/aromatic N) is 1. The van der Waals surface area contributed by atoms with Crippen LogP contribution >= 0.6 is 0 Å². The minimum Gasteiger partial charge on any atom is -0.484 e. The van der Waals surface area contributed by atoms with E-state index in [2.05, 4.69) is 15.0 Å². The molecule has 0 radical (unpaired) electrons. The molecule has 3 N–H and O–H groups in total. The van der Waals surface area contributed by atoms with Gasteiger partial charge in [0.15, 0.2) is 12.6 Å². The maximum absolute atomic E-state index is 12.1. The van der Waals surface area contributed by atoms with E-state index in [-0.39, 0.29) is 18.3 Å². The highest BCUT2D eigenvalue weighted by molar-refractivity contribution is 5.77. The number of guanidine groups is 1. The van der Waals surface area contributed by atoms with Gasteiger partial charge >= 0.3 is 6.18 Å². The Morgan fingerprint density at radius 2 is 2.13 bits per heavy atom. The highest BCUT2D eigenvalue weighted by atomic mass is 19.4. The third-order valence-corrected chi connectivity index (χ3v) is 2.71. The Hall–Kier alpha value is -1.96. The van der Waals surface area contributed by atoms with Gasteiger partial charge in [0, 0.05) is 19.8 Å². The number of rotatable bonds is 9. The molecule has 0 saturated heterocycles. The predicted molar refractivity (Wildman–Crippen MR) is 82.4 cm³/mol. The molecule has 0 aromatic heterocycles. The van der Waals surface area contributed by atoms with E-state index in [1.165, 1.54) is 12.1 Å². The lowest BCUT2D eigenvalue weighted by Gasteiger charge is -2.10. The van der Waals surface area contributed by atoms with E-state index in [4.69, 9.17) is 10.5 Å². The third kappa shape index (κ3) is 9.62. The molecule has 0 aliphatic carbocycles. The molecule has 5 nitrogen and oxygen atoms in total. The zero-order valence-electron chi connectivity index (χ0n) is 13.0. The lowest BCUT2D eigenvalue weighted by Crippen LogP contribution is -2.32. The smallest absolute Gasteiger partial charge is 0.422 e. The maximum Gasteiger partial charge on any atom is 0.422 e. The summed E-state index contributed by atoms with van der Waals surface area (Å²) in [6, 6.07) is 6.33. The molecule has 23 heavy (non-hydrogen) atoms. The quantitative estimate of drug-likeness (QED) is 0.414. The highest BCUT2D eigenvalue weighted by Crippen LogP contribution is 2.19. The van der Waals surface area contributed by atoms with Crippen LogP contribution in [-0.2, 0) is 11.3 Å². The number of aliphatic imine (C=N–C) groups is 1. The third-order valence-electron chi connectivity index (χ3n) is 2.71. The second-order valence-electron chi connectivity index (χ2n) is 4.73. The molecule has 0 spiro atoms. The van der Waals surface area contributed by atoms with E-state index < -0.39 is 12.8 Å². The fraction of sp³-hybridized carbons (Fsp3) is 0.533. The molecule has 0 heterocycles. The number of nitrogens with two attached hydrogens (primary N) is 1. The van der Waals surface area contributed by atoms with E-state index in [0.717, 1.165) is 6.42 Å². The number of hydrogen-bond donors (Lipinski definition) is 2. The van der Waals surface area contributed by atoms with Crippen molar-refractivity contribution in [3.63, 3.8) is 0 Å². The van der Waals surface area contributed by atoms with E-state index in [0.29, 0.717) is 25.3 Å². The Morgan fingerprint density at radius 3 is 2.83 bits per heavy atom. The van der Waals surface area contributed by atoms with Gasteiger partial charge in [0.2, 0.25) is 0 Å². The molecule has 0 atom stereocenters. The number of benzene rings is 1. The molecule has 0 fully saturated rings. The highest BCUT2D eigenvalue weighted by Gasteiger charge is 2.28. The van der Waals surface area contributed by atoms with E-state index in [9.17, 15) is 13.2 Å². The van der Waals surface area contributed by atoms with Crippen LogP contribution < -0.4 is 15.8 Å². The summed E-state index contributed by atoms with van der Waals surface area (Å²) in [6.45, 7) is 2.84. The molecular weight excluding hydrogens is 311 g/mol. The number of ether oxygens (including phenoxy) is 2. The minimum absolute atomic E-state index is 0.151. The molecular formula is C15H22F3N3O2. The van der Waals surface area contributed by atoms with Gasteiger partial charge in [-0.05, 0) is 31.0 Å². The van der Waals surface area contributed by atoms with Gasteiger partial charge < -0.3 is 20.5 Å². The Labute approximate surface area is 133 Å². The summed E-state index contributed by atoms with van der Waals surface area (Å²) in [5.74, 6) is 0.432. The van der Waals surface area contributed by atoms with Crippen molar-refractivity contribution < 1.29 is 22.6 Å². The van der Waals surface area contributed by atoms with Crippen LogP contribution in [0.4, 0.5) is 13.2 Å². The van der Waals surface area contributed by atoms with Crippen LogP contribution in [0.25, 0.3) is 0 Å². The number of alkyl halides is 3. The average molecular weight is 333 g/mol. The Morgan fingerprint density at radius 1 is 1.35 bits per heavy atom. The number of hydrogen-bond acceptors (Lipinski definition) is 3. The maximum atomic E-state index is 12.1. The van der Waals surface area contributed by atoms with Crippen LogP contribution in [0.2, 0.25) is 0 Å². The van der Waals surface area contributed by atoms with Crippen molar-refractivity contribution in [1.82, 2.24) is 5.32 Å². The Bertz CT molecular complexity index is 493. The molecule has 0 aliphatic rings. The lowest BCUT2D eigenvalue weighted by atomic mass is 10.2. The molecule has 0 bridgehead atoms. The van der Waals surface area contributed by atoms with Gasteiger partial charge in [0.25, 0.3) is 0 Å². The van der Waals surface area contributed by atoms with Crippen LogP contribution in [0, 0.1) is 0 Å². The first-order valence-corrected chi connectivity index (χ1v) is 7.30. The molecule has 0 amide bonds. The minimum atomic E-state index is -4.36. The zero-order chi connectivity index (χ0) is 17.1. The molecule has 0 saturated carbocycles. The monoisotopic (exact) mass is 333 g/mol. The normalized spacial score (nSPS) is 12.3. The fourth-order valence-electron chi connectivity index (χ4n) is 1.67. The van der Waals surface area contributed by atoms with Crippen molar-refractivity contribution >= 4 is 5.96 Å². The summed E-state index contributed by atoms with van der Waals surface area (Å²) < 4.78 is 46.2. The molecule has 1 rings (SSSR count). The van der Waals surface area contributed by atoms with E-state index >= 15 is 0 Å². The molecule has 130 valence electrons. The lowest BCUT2D eigenvalue weighted by molar-refractivity contribution is -0.153. The van der Waals surface area contributed by atoms with Crippen molar-refractivity contribution in [3.05, 3.63) is 29.8 Å². The van der Waals surface area contributed by atoms with E-state index in [1.807, 2.05) is 6.92 Å². The van der Waals surface area contributed by atoms with Crippen molar-refractivity contribution in [2.24, 2.45) is 10.7 Å². The van der Waals surface area contributed by atoms with Gasteiger partial charge in [-0.3, -0.25) is 0 Å². The molecule has 0 aliphatic heterocycles. The summed E-state index contributed by atoms with van der Waals surface area (Å²) in [6.07, 6.45) is -3.55. The van der Waals surface area contributed by atoms with Crippen LogP contribution in [0.15, 0.2) is 29.3 Å². The van der Waals surface area contributed by atoms with Gasteiger partial charge in [-0.15, -0.1) is 0 Å². The van der Waals surface area contributed by atoms with Crippen LogP contribution in [0.1, 0.15) is 18.9 Å². The van der Waals surface area contributed by atoms with Gasteiger partial charge in [-0.2, -0.15) is 13.2 Å². The van der Waals surface area contributed by atoms with Crippen molar-refractivity contribution in [1.29, 1.82) is 0 Å². The standard InChI is InChI=1S/C15H22F3N3O2/c1-2-22-8-4-7-20-14(19)21-10-12-5-3-6-13(9-12)23-11-15(16,17)18/h3,5-6,9H,2,4,7-8,10-11H2,1H3,(H3,19,20,21). The topological polar surface area (TPSA) is 68.9 Å². The summed E-state index contributed by atoms with van der Waals surface area (Å²) >= 11 is 0. The van der Waals surface area contributed by atoms with Gasteiger partial charge in [0.05, 0.1) is 6.54 Å². The molecule has 8 heteroatoms. The van der Waals surface area contributed by atoms with Gasteiger partial charge in [0.1, 0.15) is 5.75 Å². The van der Waals surface area contributed by atoms with Crippen LogP contribution in [0.3, 0.4) is 0 Å². The van der Waals surface area contributed by atoms with Crippen molar-refractivity contribution in [2.75, 3.05) is 26.4 Å². The fourth-order valence-corrected chi connectivity index (χ4v) is 1.67. The summed E-state index contributed by atoms with van der Waals surface area (Å²) in [7, 11) is 0. The summed E-state index contributed by atoms with van der Waals surface area (Å²) in [4.78, 5) is 4.13. The zero-order valence-corrected chi connectivity index (χ0v) is 13.0. The molecule has 1 aromatic carbocycles. The second kappa shape index (κ2) is 9.94. The van der Waals surface area contributed by atoms with E-state index in [1.54, 1.807) is 12.1 Å². The van der Waals surface area contributed by atoms with Crippen LogP contribution in [-0.4, -0.2) is 38.5 Å². The first-order valence-electron chi connectivity index (χ1n) is 7.30. The van der Waals surface area contributed by atoms with Gasteiger partial charge in [-0.25, -0.2) is 4.99 Å². The Balaban J connectivity index is 2.39. The number of halogens is 3. The largest absolute Gasteiger partial charge is 0.484 e. The SMILES string of the molecule is CCOCCCNC(N)=NCc1cccc(OCC(F)(F)F)c1. The van der Waals surface area contributed by atoms with Gasteiger partial charge in [-0.1, -0.05) is 12.1 Å². The first-order chi connectivity index (χ1) is 10.9. The number of nitrogens with one attached hydrogen (secondary N) is 1. The average Bonchev–Trinajstić information content (AvgIpc) is 2.50. The van der Waals surface area contributed by atoms with Crippen molar-refractivity contribution in [2.45, 2.75) is 26.1 Å². The Kier molecular flexibility index (Phi) is 8.25.